The van der Waals surface area contributed by atoms with Crippen LogP contribution in [0.5, 0.6) is 0 Å². The van der Waals surface area contributed by atoms with Gasteiger partial charge in [-0.05, 0) is 31.7 Å². The molecule has 1 aliphatic carbocycles. The number of piperidine rings is 1. The molecule has 6 heteroatoms. The molecule has 1 aliphatic heterocycles. The van der Waals surface area contributed by atoms with Gasteiger partial charge in [0.15, 0.2) is 0 Å². The second-order valence-corrected chi connectivity index (χ2v) is 7.08. The average Bonchev–Trinajstić information content (AvgIpc) is 3.04. The molecule has 1 amide bonds. The zero-order valence-electron chi connectivity index (χ0n) is 14.2. The fourth-order valence-electron chi connectivity index (χ4n) is 3.85. The molecule has 0 aromatic carbocycles. The second-order valence-electron chi connectivity index (χ2n) is 7.08. The molecular formula is C17H27N3O3. The molecule has 2 N–H and O–H groups in total. The van der Waals surface area contributed by atoms with Crippen LogP contribution in [0.25, 0.3) is 0 Å². The third kappa shape index (κ3) is 2.78. The summed E-state index contributed by atoms with van der Waals surface area (Å²) < 4.78 is 5.77. The summed E-state index contributed by atoms with van der Waals surface area (Å²) in [5.41, 5.74) is 1.31. The van der Waals surface area contributed by atoms with Crippen LogP contribution in [0.3, 0.4) is 0 Å². The van der Waals surface area contributed by atoms with Crippen LogP contribution < -0.4 is 0 Å². The van der Waals surface area contributed by atoms with E-state index < -0.39 is 0 Å². The predicted molar refractivity (Wildman–Crippen MR) is 86.3 cm³/mol. The maximum atomic E-state index is 12.6. The highest BCUT2D eigenvalue weighted by Gasteiger charge is 2.56. The normalized spacial score (nSPS) is 26.6. The molecule has 0 radical (unpaired) electrons. The van der Waals surface area contributed by atoms with Gasteiger partial charge in [-0.3, -0.25) is 9.89 Å². The summed E-state index contributed by atoms with van der Waals surface area (Å²) in [6, 6.07) is 1.85. The van der Waals surface area contributed by atoms with E-state index in [2.05, 4.69) is 24.0 Å². The lowest BCUT2D eigenvalue weighted by molar-refractivity contribution is -0.207. The minimum absolute atomic E-state index is 0.0234. The number of aliphatic hydroxyl groups is 1. The van der Waals surface area contributed by atoms with Gasteiger partial charge in [-0.2, -0.15) is 5.10 Å². The van der Waals surface area contributed by atoms with E-state index in [1.807, 2.05) is 17.9 Å². The van der Waals surface area contributed by atoms with Crippen LogP contribution in [-0.2, 0) is 4.74 Å². The summed E-state index contributed by atoms with van der Waals surface area (Å²) in [5.74, 6) is 0.301. The van der Waals surface area contributed by atoms with Crippen molar-refractivity contribution in [3.63, 3.8) is 0 Å². The van der Waals surface area contributed by atoms with E-state index in [9.17, 15) is 9.90 Å². The highest BCUT2D eigenvalue weighted by atomic mass is 16.5. The molecule has 1 spiro atoms. The van der Waals surface area contributed by atoms with Crippen LogP contribution in [0, 0.1) is 5.41 Å². The Kier molecular flexibility index (Phi) is 4.47. The van der Waals surface area contributed by atoms with Gasteiger partial charge in [0.25, 0.3) is 5.91 Å². The third-order valence-electron chi connectivity index (χ3n) is 5.53. The van der Waals surface area contributed by atoms with Crippen LogP contribution >= 0.6 is 0 Å². The van der Waals surface area contributed by atoms with Crippen LogP contribution in [0.2, 0.25) is 0 Å². The maximum Gasteiger partial charge on any atom is 0.274 e. The monoisotopic (exact) mass is 321 g/mol. The summed E-state index contributed by atoms with van der Waals surface area (Å²) in [7, 11) is 0. The molecule has 2 fully saturated rings. The number of hydrogen-bond donors (Lipinski definition) is 2. The molecule has 23 heavy (non-hydrogen) atoms. The van der Waals surface area contributed by atoms with Crippen molar-refractivity contribution in [1.82, 2.24) is 15.1 Å². The van der Waals surface area contributed by atoms with Crippen LogP contribution in [0.15, 0.2) is 6.07 Å². The van der Waals surface area contributed by atoms with E-state index in [-0.39, 0.29) is 23.5 Å². The Hall–Kier alpha value is -1.40. The number of amides is 1. The average molecular weight is 321 g/mol. The number of nitrogens with zero attached hydrogens (tertiary/aromatic N) is 2. The third-order valence-corrected chi connectivity index (χ3v) is 5.53. The van der Waals surface area contributed by atoms with Gasteiger partial charge in [0.1, 0.15) is 5.69 Å². The minimum atomic E-state index is -0.297. The van der Waals surface area contributed by atoms with E-state index >= 15 is 0 Å². The first-order chi connectivity index (χ1) is 11.0. The van der Waals surface area contributed by atoms with Crippen molar-refractivity contribution in [2.75, 3.05) is 19.7 Å². The summed E-state index contributed by atoms with van der Waals surface area (Å²) >= 11 is 0. The molecule has 0 unspecified atom stereocenters. The van der Waals surface area contributed by atoms with Gasteiger partial charge in [0, 0.05) is 37.2 Å². The summed E-state index contributed by atoms with van der Waals surface area (Å²) in [5, 5.41) is 17.3. The quantitative estimate of drug-likeness (QED) is 0.888. The summed E-state index contributed by atoms with van der Waals surface area (Å²) in [6.45, 7) is 8.11. The summed E-state index contributed by atoms with van der Waals surface area (Å²) in [4.78, 5) is 14.4. The fourth-order valence-corrected chi connectivity index (χ4v) is 3.85. The smallest absolute Gasteiger partial charge is 0.274 e. The second kappa shape index (κ2) is 6.24. The van der Waals surface area contributed by atoms with Crippen LogP contribution in [-0.4, -0.2) is 58.0 Å². The Balaban J connectivity index is 1.63. The van der Waals surface area contributed by atoms with E-state index in [4.69, 9.17) is 4.74 Å². The highest BCUT2D eigenvalue weighted by molar-refractivity contribution is 5.92. The minimum Gasteiger partial charge on any atom is -0.392 e. The van der Waals surface area contributed by atoms with Crippen LogP contribution in [0.1, 0.15) is 62.1 Å². The number of ether oxygens (including phenoxy) is 1. The van der Waals surface area contributed by atoms with E-state index in [0.717, 1.165) is 25.0 Å². The van der Waals surface area contributed by atoms with Gasteiger partial charge in [-0.25, -0.2) is 0 Å². The molecule has 1 aromatic heterocycles. The molecule has 2 aliphatic rings. The number of nitrogens with one attached hydrogen (secondary N) is 1. The van der Waals surface area contributed by atoms with Crippen molar-refractivity contribution in [3.8, 4) is 0 Å². The fraction of sp³-hybridized carbons (Fsp3) is 0.765. The number of likely N-dealkylation sites (tertiary alicyclic amines) is 1. The SMILES string of the molecule is CCO[C@H]1C[C@H](O)C12CCN(C(=O)c1cc(C(C)C)[nH]n1)CC2. The molecule has 6 nitrogen and oxygen atoms in total. The number of aromatic amines is 1. The Morgan fingerprint density at radius 3 is 2.74 bits per heavy atom. The lowest BCUT2D eigenvalue weighted by Crippen LogP contribution is -2.62. The number of rotatable bonds is 4. The Morgan fingerprint density at radius 1 is 1.52 bits per heavy atom. The molecule has 1 saturated heterocycles. The van der Waals surface area contributed by atoms with Crippen molar-refractivity contribution >= 4 is 5.91 Å². The Labute approximate surface area is 137 Å². The van der Waals surface area contributed by atoms with E-state index in [1.165, 1.54) is 0 Å². The molecule has 3 rings (SSSR count). The highest BCUT2D eigenvalue weighted by Crippen LogP contribution is 2.51. The Bertz CT molecular complexity index is 559. The number of H-pyrrole nitrogens is 1. The molecule has 128 valence electrons. The van der Waals surface area contributed by atoms with Crippen LogP contribution in [0.4, 0.5) is 0 Å². The van der Waals surface area contributed by atoms with Gasteiger partial charge >= 0.3 is 0 Å². The molecule has 2 atom stereocenters. The topological polar surface area (TPSA) is 78.5 Å². The zero-order valence-corrected chi connectivity index (χ0v) is 14.2. The largest absolute Gasteiger partial charge is 0.392 e. The molecule has 1 saturated carbocycles. The molecule has 2 heterocycles. The predicted octanol–water partition coefficient (Wildman–Crippen LogP) is 1.93. The van der Waals surface area contributed by atoms with Gasteiger partial charge < -0.3 is 14.7 Å². The van der Waals surface area contributed by atoms with Gasteiger partial charge in [-0.15, -0.1) is 0 Å². The van der Waals surface area contributed by atoms with E-state index in [0.29, 0.717) is 31.3 Å². The van der Waals surface area contributed by atoms with Gasteiger partial charge in [0.2, 0.25) is 0 Å². The van der Waals surface area contributed by atoms with Crippen molar-refractivity contribution < 1.29 is 14.6 Å². The lowest BCUT2D eigenvalue weighted by atomic mass is 9.58. The van der Waals surface area contributed by atoms with Crippen molar-refractivity contribution in [2.45, 2.75) is 58.2 Å². The van der Waals surface area contributed by atoms with Gasteiger partial charge in [0.05, 0.1) is 12.2 Å². The number of hydrogen-bond acceptors (Lipinski definition) is 4. The number of carbonyl (C=O) groups is 1. The standard InChI is InChI=1S/C17H27N3O3/c1-4-23-15-10-14(21)17(15)5-7-20(8-6-17)16(22)13-9-12(11(2)3)18-19-13/h9,11,14-15,21H,4-8,10H2,1-3H3,(H,18,19)/t14-,15-/m0/s1. The first-order valence-electron chi connectivity index (χ1n) is 8.62. The number of aromatic nitrogens is 2. The van der Waals surface area contributed by atoms with Crippen molar-refractivity contribution in [1.29, 1.82) is 0 Å². The molecule has 1 aromatic rings. The Morgan fingerprint density at radius 2 is 2.22 bits per heavy atom. The van der Waals surface area contributed by atoms with Gasteiger partial charge in [-0.1, -0.05) is 13.8 Å². The van der Waals surface area contributed by atoms with E-state index in [1.54, 1.807) is 0 Å². The summed E-state index contributed by atoms with van der Waals surface area (Å²) in [6.07, 6.45) is 2.16. The number of aliphatic hydroxyl groups excluding tert-OH is 1. The first kappa shape index (κ1) is 16.5. The maximum absolute atomic E-state index is 12.6. The molecular weight excluding hydrogens is 294 g/mol. The zero-order chi connectivity index (χ0) is 16.6. The lowest BCUT2D eigenvalue weighted by Gasteiger charge is -2.56. The molecule has 0 bridgehead atoms. The number of carbonyl (C=O) groups excluding carboxylic acids is 1. The first-order valence-corrected chi connectivity index (χ1v) is 8.62. The van der Waals surface area contributed by atoms with Crippen molar-refractivity contribution in [2.24, 2.45) is 5.41 Å². The van der Waals surface area contributed by atoms with Crippen molar-refractivity contribution in [3.05, 3.63) is 17.5 Å².